The standard InChI is InChI=1S/C13H21NO/c1-8(2)10-6-7-11(15-5)12(9(3)4)13(10)14/h6-9H,14H2,1-5H3. The maximum Gasteiger partial charge on any atom is 0.124 e. The predicted octanol–water partition coefficient (Wildman–Crippen LogP) is 3.52. The summed E-state index contributed by atoms with van der Waals surface area (Å²) in [5, 5.41) is 0. The number of nitrogens with two attached hydrogens (primary N) is 1. The smallest absolute Gasteiger partial charge is 0.124 e. The molecule has 0 aliphatic rings. The second kappa shape index (κ2) is 4.56. The molecule has 1 rings (SSSR count). The largest absolute Gasteiger partial charge is 0.496 e. The second-order valence-electron chi connectivity index (χ2n) is 4.49. The summed E-state index contributed by atoms with van der Waals surface area (Å²) in [5.41, 5.74) is 9.41. The van der Waals surface area contributed by atoms with Crippen molar-refractivity contribution in [1.82, 2.24) is 0 Å². The van der Waals surface area contributed by atoms with E-state index in [0.29, 0.717) is 11.8 Å². The number of methoxy groups -OCH3 is 1. The summed E-state index contributed by atoms with van der Waals surface area (Å²) in [6.45, 7) is 8.58. The first-order valence-corrected chi connectivity index (χ1v) is 5.45. The second-order valence-corrected chi connectivity index (χ2v) is 4.49. The van der Waals surface area contributed by atoms with E-state index in [-0.39, 0.29) is 0 Å². The summed E-state index contributed by atoms with van der Waals surface area (Å²) < 4.78 is 5.34. The van der Waals surface area contributed by atoms with Crippen LogP contribution in [0.2, 0.25) is 0 Å². The van der Waals surface area contributed by atoms with Gasteiger partial charge in [0, 0.05) is 11.3 Å². The number of anilines is 1. The van der Waals surface area contributed by atoms with Crippen molar-refractivity contribution in [2.75, 3.05) is 12.8 Å². The molecule has 0 spiro atoms. The van der Waals surface area contributed by atoms with E-state index in [9.17, 15) is 0 Å². The lowest BCUT2D eigenvalue weighted by molar-refractivity contribution is 0.407. The van der Waals surface area contributed by atoms with E-state index in [1.54, 1.807) is 7.11 Å². The summed E-state index contributed by atoms with van der Waals surface area (Å²) >= 11 is 0. The Hall–Kier alpha value is -1.18. The third kappa shape index (κ3) is 2.25. The van der Waals surface area contributed by atoms with Crippen LogP contribution in [0.4, 0.5) is 5.69 Å². The van der Waals surface area contributed by atoms with E-state index < -0.39 is 0 Å². The number of hydrogen-bond donors (Lipinski definition) is 1. The molecule has 0 heterocycles. The molecule has 0 bridgehead atoms. The number of rotatable bonds is 3. The number of benzene rings is 1. The van der Waals surface area contributed by atoms with Crippen LogP contribution in [0, 0.1) is 0 Å². The van der Waals surface area contributed by atoms with Gasteiger partial charge in [-0.2, -0.15) is 0 Å². The molecule has 0 aliphatic carbocycles. The Kier molecular flexibility index (Phi) is 3.61. The van der Waals surface area contributed by atoms with Gasteiger partial charge in [0.2, 0.25) is 0 Å². The fourth-order valence-electron chi connectivity index (χ4n) is 1.91. The Morgan fingerprint density at radius 1 is 1.07 bits per heavy atom. The molecule has 0 unspecified atom stereocenters. The summed E-state index contributed by atoms with van der Waals surface area (Å²) in [6, 6.07) is 4.08. The molecular weight excluding hydrogens is 186 g/mol. The van der Waals surface area contributed by atoms with Gasteiger partial charge in [-0.3, -0.25) is 0 Å². The minimum absolute atomic E-state index is 0.388. The molecule has 0 saturated heterocycles. The third-order valence-corrected chi connectivity index (χ3v) is 2.70. The Balaban J connectivity index is 3.36. The molecule has 84 valence electrons. The zero-order valence-electron chi connectivity index (χ0n) is 10.3. The van der Waals surface area contributed by atoms with Crippen LogP contribution in [0.25, 0.3) is 0 Å². The first kappa shape index (κ1) is 11.9. The molecule has 0 atom stereocenters. The first-order valence-electron chi connectivity index (χ1n) is 5.45. The van der Waals surface area contributed by atoms with Gasteiger partial charge in [-0.1, -0.05) is 33.8 Å². The summed E-state index contributed by atoms with van der Waals surface area (Å²) in [7, 11) is 1.69. The molecule has 2 heteroatoms. The SMILES string of the molecule is COc1ccc(C(C)C)c(N)c1C(C)C. The van der Waals surface area contributed by atoms with Crippen LogP contribution in [0.5, 0.6) is 5.75 Å². The van der Waals surface area contributed by atoms with Crippen LogP contribution in [0.15, 0.2) is 12.1 Å². The quantitative estimate of drug-likeness (QED) is 0.770. The monoisotopic (exact) mass is 207 g/mol. The Labute approximate surface area is 92.4 Å². The molecule has 0 amide bonds. The lowest BCUT2D eigenvalue weighted by Gasteiger charge is -2.19. The lowest BCUT2D eigenvalue weighted by Crippen LogP contribution is -2.05. The van der Waals surface area contributed by atoms with Gasteiger partial charge < -0.3 is 10.5 Å². The van der Waals surface area contributed by atoms with Crippen LogP contribution in [-0.4, -0.2) is 7.11 Å². The predicted molar refractivity (Wildman–Crippen MR) is 65.6 cm³/mol. The van der Waals surface area contributed by atoms with E-state index in [1.807, 2.05) is 6.07 Å². The van der Waals surface area contributed by atoms with Crippen molar-refractivity contribution in [1.29, 1.82) is 0 Å². The van der Waals surface area contributed by atoms with E-state index in [4.69, 9.17) is 10.5 Å². The van der Waals surface area contributed by atoms with E-state index >= 15 is 0 Å². The van der Waals surface area contributed by atoms with Crippen molar-refractivity contribution < 1.29 is 4.74 Å². The highest BCUT2D eigenvalue weighted by atomic mass is 16.5. The average Bonchev–Trinajstić information content (AvgIpc) is 2.15. The number of nitrogen functional groups attached to an aromatic ring is 1. The average molecular weight is 207 g/mol. The highest BCUT2D eigenvalue weighted by molar-refractivity contribution is 5.62. The molecule has 2 N–H and O–H groups in total. The number of ether oxygens (including phenoxy) is 1. The fraction of sp³-hybridized carbons (Fsp3) is 0.538. The van der Waals surface area contributed by atoms with Gasteiger partial charge in [0.15, 0.2) is 0 Å². The molecule has 0 saturated carbocycles. The van der Waals surface area contributed by atoms with Gasteiger partial charge in [-0.15, -0.1) is 0 Å². The molecule has 0 radical (unpaired) electrons. The molecule has 1 aromatic rings. The topological polar surface area (TPSA) is 35.2 Å². The van der Waals surface area contributed by atoms with Crippen LogP contribution in [0.3, 0.4) is 0 Å². The maximum atomic E-state index is 6.18. The Morgan fingerprint density at radius 3 is 2.07 bits per heavy atom. The van der Waals surface area contributed by atoms with Gasteiger partial charge in [0.25, 0.3) is 0 Å². The minimum atomic E-state index is 0.388. The lowest BCUT2D eigenvalue weighted by atomic mass is 9.92. The van der Waals surface area contributed by atoms with Crippen molar-refractivity contribution in [3.63, 3.8) is 0 Å². The Morgan fingerprint density at radius 2 is 1.67 bits per heavy atom. The zero-order chi connectivity index (χ0) is 11.6. The van der Waals surface area contributed by atoms with Gasteiger partial charge >= 0.3 is 0 Å². The van der Waals surface area contributed by atoms with Crippen LogP contribution in [0.1, 0.15) is 50.7 Å². The van der Waals surface area contributed by atoms with Gasteiger partial charge in [-0.05, 0) is 23.5 Å². The van der Waals surface area contributed by atoms with Gasteiger partial charge in [-0.25, -0.2) is 0 Å². The van der Waals surface area contributed by atoms with Crippen molar-refractivity contribution in [2.24, 2.45) is 0 Å². The Bertz CT molecular complexity index is 343. The summed E-state index contributed by atoms with van der Waals surface area (Å²) in [5.74, 6) is 1.74. The third-order valence-electron chi connectivity index (χ3n) is 2.70. The van der Waals surface area contributed by atoms with Crippen LogP contribution in [-0.2, 0) is 0 Å². The minimum Gasteiger partial charge on any atom is -0.496 e. The molecule has 0 aromatic heterocycles. The van der Waals surface area contributed by atoms with Crippen molar-refractivity contribution in [2.45, 2.75) is 39.5 Å². The molecule has 2 nitrogen and oxygen atoms in total. The van der Waals surface area contributed by atoms with E-state index in [2.05, 4.69) is 33.8 Å². The van der Waals surface area contributed by atoms with Crippen molar-refractivity contribution >= 4 is 5.69 Å². The molecule has 15 heavy (non-hydrogen) atoms. The highest BCUT2D eigenvalue weighted by Gasteiger charge is 2.15. The molecule has 1 aromatic carbocycles. The van der Waals surface area contributed by atoms with Crippen molar-refractivity contribution in [3.8, 4) is 5.75 Å². The van der Waals surface area contributed by atoms with Gasteiger partial charge in [0.05, 0.1) is 7.11 Å². The maximum absolute atomic E-state index is 6.18. The molecule has 0 fully saturated rings. The highest BCUT2D eigenvalue weighted by Crippen LogP contribution is 2.36. The van der Waals surface area contributed by atoms with Crippen LogP contribution < -0.4 is 10.5 Å². The zero-order valence-corrected chi connectivity index (χ0v) is 10.3. The van der Waals surface area contributed by atoms with E-state index in [0.717, 1.165) is 17.0 Å². The first-order chi connectivity index (χ1) is 6.99. The van der Waals surface area contributed by atoms with Gasteiger partial charge in [0.1, 0.15) is 5.75 Å². The summed E-state index contributed by atoms with van der Waals surface area (Å²) in [6.07, 6.45) is 0. The van der Waals surface area contributed by atoms with Crippen LogP contribution >= 0.6 is 0 Å². The molecule has 0 aliphatic heterocycles. The summed E-state index contributed by atoms with van der Waals surface area (Å²) in [4.78, 5) is 0. The van der Waals surface area contributed by atoms with E-state index in [1.165, 1.54) is 5.56 Å². The number of hydrogen-bond acceptors (Lipinski definition) is 2. The fourth-order valence-corrected chi connectivity index (χ4v) is 1.91. The normalized spacial score (nSPS) is 11.1. The van der Waals surface area contributed by atoms with Crippen molar-refractivity contribution in [3.05, 3.63) is 23.3 Å². The molecular formula is C13H21NO.